The van der Waals surface area contributed by atoms with Gasteiger partial charge in [-0.25, -0.2) is 4.98 Å². The molecule has 2 heterocycles. The maximum absolute atomic E-state index is 10.5. The monoisotopic (exact) mass is 269 g/mol. The van der Waals surface area contributed by atoms with Crippen LogP contribution in [-0.4, -0.2) is 58.6 Å². The van der Waals surface area contributed by atoms with Crippen molar-refractivity contribution in [2.24, 2.45) is 0 Å². The zero-order valence-corrected chi connectivity index (χ0v) is 11.4. The Morgan fingerprint density at radius 2 is 2.06 bits per heavy atom. The van der Waals surface area contributed by atoms with Crippen molar-refractivity contribution in [3.63, 3.8) is 0 Å². The van der Waals surface area contributed by atoms with E-state index in [4.69, 9.17) is 5.11 Å². The van der Waals surface area contributed by atoms with E-state index in [9.17, 15) is 4.79 Å². The van der Waals surface area contributed by atoms with Crippen LogP contribution in [0.25, 0.3) is 0 Å². The summed E-state index contributed by atoms with van der Waals surface area (Å²) in [4.78, 5) is 20.8. The molecule has 5 nitrogen and oxygen atoms in total. The topological polar surface area (TPSA) is 56.7 Å². The highest BCUT2D eigenvalue weighted by Crippen LogP contribution is 2.16. The summed E-state index contributed by atoms with van der Waals surface area (Å²) >= 11 is 1.71. The standard InChI is InChI=1S/C12H19N3O2S/c1-10-11(18-9-13-10)8-15-6-4-14(5-7-15)3-2-12(16)17/h9H,2-8H2,1H3,(H,16,17). The van der Waals surface area contributed by atoms with Gasteiger partial charge in [0.15, 0.2) is 0 Å². The molecule has 0 aromatic carbocycles. The van der Waals surface area contributed by atoms with Gasteiger partial charge in [-0.15, -0.1) is 11.3 Å². The van der Waals surface area contributed by atoms with E-state index in [1.54, 1.807) is 11.3 Å². The summed E-state index contributed by atoms with van der Waals surface area (Å²) in [6.07, 6.45) is 0.244. The van der Waals surface area contributed by atoms with Crippen LogP contribution in [0.5, 0.6) is 0 Å². The Labute approximate surface area is 111 Å². The van der Waals surface area contributed by atoms with Crippen LogP contribution in [0, 0.1) is 6.92 Å². The summed E-state index contributed by atoms with van der Waals surface area (Å²) in [6, 6.07) is 0. The largest absolute Gasteiger partial charge is 0.481 e. The van der Waals surface area contributed by atoms with Crippen molar-refractivity contribution in [1.82, 2.24) is 14.8 Å². The first-order valence-electron chi connectivity index (χ1n) is 6.20. The molecule has 1 saturated heterocycles. The molecule has 1 aliphatic rings. The van der Waals surface area contributed by atoms with E-state index in [0.717, 1.165) is 38.4 Å². The van der Waals surface area contributed by atoms with E-state index in [1.165, 1.54) is 4.88 Å². The molecule has 0 amide bonds. The number of thiazole rings is 1. The van der Waals surface area contributed by atoms with Gasteiger partial charge in [0.25, 0.3) is 0 Å². The van der Waals surface area contributed by atoms with Gasteiger partial charge in [-0.1, -0.05) is 0 Å². The van der Waals surface area contributed by atoms with Gasteiger partial charge in [-0.3, -0.25) is 9.69 Å². The average Bonchev–Trinajstić information content (AvgIpc) is 2.74. The van der Waals surface area contributed by atoms with Crippen molar-refractivity contribution in [1.29, 1.82) is 0 Å². The highest BCUT2D eigenvalue weighted by molar-refractivity contribution is 7.09. The van der Waals surface area contributed by atoms with Crippen LogP contribution < -0.4 is 0 Å². The lowest BCUT2D eigenvalue weighted by Gasteiger charge is -2.34. The van der Waals surface area contributed by atoms with Crippen molar-refractivity contribution < 1.29 is 9.90 Å². The first kappa shape index (κ1) is 13.5. The van der Waals surface area contributed by atoms with Crippen molar-refractivity contribution in [2.75, 3.05) is 32.7 Å². The first-order valence-corrected chi connectivity index (χ1v) is 7.08. The number of carboxylic acid groups (broad SMARTS) is 1. The molecule has 1 aliphatic heterocycles. The third-order valence-electron chi connectivity index (χ3n) is 3.32. The Kier molecular flexibility index (Phi) is 4.68. The highest BCUT2D eigenvalue weighted by Gasteiger charge is 2.18. The van der Waals surface area contributed by atoms with Gasteiger partial charge in [0.2, 0.25) is 0 Å². The Bertz CT molecular complexity index is 400. The number of aliphatic carboxylic acids is 1. The summed E-state index contributed by atoms with van der Waals surface area (Å²) in [5.74, 6) is -0.710. The number of rotatable bonds is 5. The van der Waals surface area contributed by atoms with Crippen LogP contribution in [0.3, 0.4) is 0 Å². The maximum Gasteiger partial charge on any atom is 0.304 e. The molecular weight excluding hydrogens is 250 g/mol. The van der Waals surface area contributed by atoms with Gasteiger partial charge in [0, 0.05) is 44.1 Å². The fraction of sp³-hybridized carbons (Fsp3) is 0.667. The van der Waals surface area contributed by atoms with Crippen molar-refractivity contribution in [2.45, 2.75) is 19.9 Å². The molecule has 0 atom stereocenters. The summed E-state index contributed by atoms with van der Waals surface area (Å²) < 4.78 is 0. The first-order chi connectivity index (χ1) is 8.65. The lowest BCUT2D eigenvalue weighted by molar-refractivity contribution is -0.137. The van der Waals surface area contributed by atoms with Crippen molar-refractivity contribution >= 4 is 17.3 Å². The van der Waals surface area contributed by atoms with Crippen LogP contribution in [0.4, 0.5) is 0 Å². The zero-order chi connectivity index (χ0) is 13.0. The zero-order valence-electron chi connectivity index (χ0n) is 10.6. The van der Waals surface area contributed by atoms with Gasteiger partial charge >= 0.3 is 5.97 Å². The van der Waals surface area contributed by atoms with E-state index in [-0.39, 0.29) is 6.42 Å². The smallest absolute Gasteiger partial charge is 0.304 e. The minimum absolute atomic E-state index is 0.244. The van der Waals surface area contributed by atoms with Gasteiger partial charge in [0.1, 0.15) is 0 Å². The van der Waals surface area contributed by atoms with Gasteiger partial charge in [0.05, 0.1) is 17.6 Å². The molecule has 0 bridgehead atoms. The summed E-state index contributed by atoms with van der Waals surface area (Å²) in [5.41, 5.74) is 3.03. The number of hydrogen-bond donors (Lipinski definition) is 1. The molecule has 2 rings (SSSR count). The molecule has 1 fully saturated rings. The van der Waals surface area contributed by atoms with Crippen molar-refractivity contribution in [3.8, 4) is 0 Å². The molecule has 0 saturated carbocycles. The minimum Gasteiger partial charge on any atom is -0.481 e. The molecule has 100 valence electrons. The lowest BCUT2D eigenvalue weighted by atomic mass is 10.2. The summed E-state index contributed by atoms with van der Waals surface area (Å²) in [5, 5.41) is 8.66. The predicted molar refractivity (Wildman–Crippen MR) is 70.8 cm³/mol. The van der Waals surface area contributed by atoms with Crippen molar-refractivity contribution in [3.05, 3.63) is 16.1 Å². The Hall–Kier alpha value is -0.980. The Balaban J connectivity index is 1.73. The molecule has 1 aromatic rings. The second-order valence-corrected chi connectivity index (χ2v) is 5.56. The van der Waals surface area contributed by atoms with Crippen LogP contribution >= 0.6 is 11.3 Å². The van der Waals surface area contributed by atoms with E-state index in [1.807, 2.05) is 5.51 Å². The number of carboxylic acids is 1. The highest BCUT2D eigenvalue weighted by atomic mass is 32.1. The lowest BCUT2D eigenvalue weighted by Crippen LogP contribution is -2.46. The molecular formula is C12H19N3O2S. The normalized spacial score (nSPS) is 18.1. The third-order valence-corrected chi connectivity index (χ3v) is 4.24. The van der Waals surface area contributed by atoms with Gasteiger partial charge < -0.3 is 10.0 Å². The number of nitrogens with zero attached hydrogens (tertiary/aromatic N) is 3. The molecule has 0 radical (unpaired) electrons. The fourth-order valence-electron chi connectivity index (χ4n) is 2.11. The van der Waals surface area contributed by atoms with Crippen LogP contribution in [-0.2, 0) is 11.3 Å². The van der Waals surface area contributed by atoms with Crippen LogP contribution in [0.2, 0.25) is 0 Å². The number of hydrogen-bond acceptors (Lipinski definition) is 5. The molecule has 18 heavy (non-hydrogen) atoms. The van der Waals surface area contributed by atoms with Crippen LogP contribution in [0.15, 0.2) is 5.51 Å². The molecule has 0 spiro atoms. The number of aryl methyl sites for hydroxylation is 1. The summed E-state index contributed by atoms with van der Waals surface area (Å²) in [7, 11) is 0. The quantitative estimate of drug-likeness (QED) is 0.865. The van der Waals surface area contributed by atoms with Gasteiger partial charge in [-0.05, 0) is 6.92 Å². The SMILES string of the molecule is Cc1ncsc1CN1CCN(CCC(=O)O)CC1. The summed E-state index contributed by atoms with van der Waals surface area (Å²) in [6.45, 7) is 7.64. The third kappa shape index (κ3) is 3.76. The number of aromatic nitrogens is 1. The molecule has 0 unspecified atom stereocenters. The van der Waals surface area contributed by atoms with Gasteiger partial charge in [-0.2, -0.15) is 0 Å². The number of carbonyl (C=O) groups is 1. The molecule has 1 aromatic heterocycles. The fourth-order valence-corrected chi connectivity index (χ4v) is 2.92. The molecule has 0 aliphatic carbocycles. The van der Waals surface area contributed by atoms with E-state index in [0.29, 0.717) is 6.54 Å². The average molecular weight is 269 g/mol. The van der Waals surface area contributed by atoms with E-state index < -0.39 is 5.97 Å². The van der Waals surface area contributed by atoms with E-state index >= 15 is 0 Å². The predicted octanol–water partition coefficient (Wildman–Crippen LogP) is 1.04. The second-order valence-electron chi connectivity index (χ2n) is 4.62. The van der Waals surface area contributed by atoms with Crippen LogP contribution in [0.1, 0.15) is 17.0 Å². The second kappa shape index (κ2) is 6.26. The molecule has 6 heteroatoms. The number of piperazine rings is 1. The minimum atomic E-state index is -0.710. The Morgan fingerprint density at radius 1 is 1.39 bits per heavy atom. The maximum atomic E-state index is 10.5. The van der Waals surface area contributed by atoms with E-state index in [2.05, 4.69) is 21.7 Å². The Morgan fingerprint density at radius 3 is 2.61 bits per heavy atom. The molecule has 1 N–H and O–H groups in total.